The predicted molar refractivity (Wildman–Crippen MR) is 85.4 cm³/mol. The molecule has 1 aromatic carbocycles. The molecule has 20 heavy (non-hydrogen) atoms. The Hall–Kier alpha value is -1.06. The lowest BCUT2D eigenvalue weighted by atomic mass is 10.1. The molecule has 1 aromatic rings. The maximum atomic E-state index is 5.76. The van der Waals surface area contributed by atoms with Gasteiger partial charge in [-0.1, -0.05) is 26.0 Å². The molecule has 3 nitrogen and oxygen atoms in total. The third-order valence-corrected chi connectivity index (χ3v) is 3.95. The Labute approximate surface area is 123 Å². The number of aryl methyl sites for hydroxylation is 1. The van der Waals surface area contributed by atoms with Crippen LogP contribution < -0.4 is 10.2 Å². The number of morpholine rings is 1. The van der Waals surface area contributed by atoms with Crippen molar-refractivity contribution in [3.05, 3.63) is 29.3 Å². The van der Waals surface area contributed by atoms with Crippen LogP contribution in [0.3, 0.4) is 0 Å². The molecule has 0 amide bonds. The molecule has 1 saturated heterocycles. The van der Waals surface area contributed by atoms with Crippen molar-refractivity contribution in [2.24, 2.45) is 0 Å². The zero-order chi connectivity index (χ0) is 14.4. The van der Waals surface area contributed by atoms with Crippen LogP contribution in [0, 0.1) is 6.92 Å². The smallest absolute Gasteiger partial charge is 0.0748 e. The average molecular weight is 276 g/mol. The predicted octanol–water partition coefficient (Wildman–Crippen LogP) is 3.11. The van der Waals surface area contributed by atoms with Crippen LogP contribution in [0.5, 0.6) is 0 Å². The zero-order valence-electron chi connectivity index (χ0n) is 13.1. The summed E-state index contributed by atoms with van der Waals surface area (Å²) in [5.41, 5.74) is 4.11. The summed E-state index contributed by atoms with van der Waals surface area (Å²) in [5.74, 6) is 0. The van der Waals surface area contributed by atoms with Gasteiger partial charge in [0.15, 0.2) is 0 Å². The number of hydrogen-bond acceptors (Lipinski definition) is 3. The fourth-order valence-corrected chi connectivity index (χ4v) is 2.78. The molecule has 1 N–H and O–H groups in total. The third-order valence-electron chi connectivity index (χ3n) is 3.95. The summed E-state index contributed by atoms with van der Waals surface area (Å²) in [7, 11) is 0. The molecule has 2 rings (SSSR count). The van der Waals surface area contributed by atoms with E-state index in [1.165, 1.54) is 23.2 Å². The third kappa shape index (κ3) is 3.97. The Balaban J connectivity index is 2.01. The average Bonchev–Trinajstić information content (AvgIpc) is 2.48. The second-order valence-corrected chi connectivity index (χ2v) is 5.64. The van der Waals surface area contributed by atoms with Crippen molar-refractivity contribution in [2.75, 3.05) is 31.1 Å². The van der Waals surface area contributed by atoms with Crippen molar-refractivity contribution >= 4 is 5.69 Å². The molecule has 0 radical (unpaired) electrons. The van der Waals surface area contributed by atoms with Crippen LogP contribution in [0.25, 0.3) is 0 Å². The largest absolute Gasteiger partial charge is 0.375 e. The van der Waals surface area contributed by atoms with E-state index in [1.54, 1.807) is 0 Å². The van der Waals surface area contributed by atoms with Crippen LogP contribution >= 0.6 is 0 Å². The zero-order valence-corrected chi connectivity index (χ0v) is 13.1. The van der Waals surface area contributed by atoms with E-state index in [2.05, 4.69) is 49.2 Å². The van der Waals surface area contributed by atoms with Crippen molar-refractivity contribution in [2.45, 2.75) is 46.3 Å². The van der Waals surface area contributed by atoms with E-state index in [0.29, 0.717) is 6.10 Å². The Morgan fingerprint density at radius 2 is 2.20 bits per heavy atom. The normalized spacial score (nSPS) is 19.4. The molecule has 1 heterocycles. The molecular formula is C17H28N2O. The fraction of sp³-hybridized carbons (Fsp3) is 0.647. The summed E-state index contributed by atoms with van der Waals surface area (Å²) >= 11 is 0. The molecule has 1 unspecified atom stereocenters. The molecule has 0 aliphatic carbocycles. The molecule has 1 fully saturated rings. The van der Waals surface area contributed by atoms with E-state index < -0.39 is 0 Å². The minimum Gasteiger partial charge on any atom is -0.375 e. The highest BCUT2D eigenvalue weighted by Crippen LogP contribution is 2.24. The Morgan fingerprint density at radius 3 is 2.90 bits per heavy atom. The number of anilines is 1. The first-order valence-electron chi connectivity index (χ1n) is 7.91. The lowest BCUT2D eigenvalue weighted by Crippen LogP contribution is -2.42. The number of benzene rings is 1. The fourth-order valence-electron chi connectivity index (χ4n) is 2.78. The van der Waals surface area contributed by atoms with E-state index in [0.717, 1.165) is 39.2 Å². The highest BCUT2D eigenvalue weighted by molar-refractivity contribution is 5.54. The first-order valence-corrected chi connectivity index (χ1v) is 7.91. The lowest BCUT2D eigenvalue weighted by molar-refractivity contribution is 0.0384. The van der Waals surface area contributed by atoms with E-state index in [4.69, 9.17) is 4.74 Å². The summed E-state index contributed by atoms with van der Waals surface area (Å²) in [5, 5.41) is 3.46. The van der Waals surface area contributed by atoms with E-state index in [9.17, 15) is 0 Å². The molecular weight excluding hydrogens is 248 g/mol. The lowest BCUT2D eigenvalue weighted by Gasteiger charge is -2.35. The van der Waals surface area contributed by atoms with Gasteiger partial charge in [-0.15, -0.1) is 0 Å². The molecule has 1 atom stereocenters. The first-order chi connectivity index (χ1) is 9.74. The van der Waals surface area contributed by atoms with Gasteiger partial charge < -0.3 is 15.0 Å². The summed E-state index contributed by atoms with van der Waals surface area (Å²) < 4.78 is 5.76. The van der Waals surface area contributed by atoms with Crippen molar-refractivity contribution in [3.63, 3.8) is 0 Å². The molecule has 1 aliphatic rings. The van der Waals surface area contributed by atoms with Gasteiger partial charge in [0.25, 0.3) is 0 Å². The number of nitrogens with one attached hydrogen (secondary N) is 1. The van der Waals surface area contributed by atoms with Crippen molar-refractivity contribution in [3.8, 4) is 0 Å². The Kier molecular flexibility index (Phi) is 5.86. The Morgan fingerprint density at radius 1 is 1.35 bits per heavy atom. The number of hydrogen-bond donors (Lipinski definition) is 1. The van der Waals surface area contributed by atoms with Gasteiger partial charge >= 0.3 is 0 Å². The molecule has 0 bridgehead atoms. The summed E-state index contributed by atoms with van der Waals surface area (Å²) in [4.78, 5) is 2.47. The van der Waals surface area contributed by atoms with Crippen LogP contribution in [0.1, 0.15) is 37.8 Å². The van der Waals surface area contributed by atoms with Gasteiger partial charge in [-0.3, -0.25) is 0 Å². The molecule has 3 heteroatoms. The van der Waals surface area contributed by atoms with E-state index >= 15 is 0 Å². The monoisotopic (exact) mass is 276 g/mol. The van der Waals surface area contributed by atoms with Gasteiger partial charge in [0.1, 0.15) is 0 Å². The summed E-state index contributed by atoms with van der Waals surface area (Å²) in [6.45, 7) is 11.5. The summed E-state index contributed by atoms with van der Waals surface area (Å²) in [6, 6.07) is 6.84. The maximum absolute atomic E-state index is 5.76. The quantitative estimate of drug-likeness (QED) is 0.808. The van der Waals surface area contributed by atoms with Crippen LogP contribution in [-0.4, -0.2) is 32.3 Å². The van der Waals surface area contributed by atoms with Gasteiger partial charge in [-0.2, -0.15) is 0 Å². The van der Waals surface area contributed by atoms with Gasteiger partial charge in [0.2, 0.25) is 0 Å². The van der Waals surface area contributed by atoms with Crippen molar-refractivity contribution < 1.29 is 4.74 Å². The SMILES string of the molecule is CCCNCc1ccc(N2CCOC(CC)C2)c(C)c1. The first kappa shape index (κ1) is 15.3. The number of nitrogens with zero attached hydrogens (tertiary/aromatic N) is 1. The number of rotatable bonds is 6. The number of ether oxygens (including phenoxy) is 1. The highest BCUT2D eigenvalue weighted by Gasteiger charge is 2.20. The van der Waals surface area contributed by atoms with Crippen LogP contribution in [-0.2, 0) is 11.3 Å². The van der Waals surface area contributed by atoms with Crippen molar-refractivity contribution in [1.29, 1.82) is 0 Å². The minimum absolute atomic E-state index is 0.383. The maximum Gasteiger partial charge on any atom is 0.0748 e. The molecule has 112 valence electrons. The topological polar surface area (TPSA) is 24.5 Å². The minimum atomic E-state index is 0.383. The second-order valence-electron chi connectivity index (χ2n) is 5.64. The van der Waals surface area contributed by atoms with Gasteiger partial charge in [0, 0.05) is 25.3 Å². The van der Waals surface area contributed by atoms with Crippen LogP contribution in [0.15, 0.2) is 18.2 Å². The van der Waals surface area contributed by atoms with Gasteiger partial charge in [-0.25, -0.2) is 0 Å². The second kappa shape index (κ2) is 7.65. The highest BCUT2D eigenvalue weighted by atomic mass is 16.5. The molecule has 0 saturated carbocycles. The van der Waals surface area contributed by atoms with Crippen LogP contribution in [0.4, 0.5) is 5.69 Å². The molecule has 0 spiro atoms. The van der Waals surface area contributed by atoms with E-state index in [-0.39, 0.29) is 0 Å². The van der Waals surface area contributed by atoms with Crippen molar-refractivity contribution in [1.82, 2.24) is 5.32 Å². The Bertz CT molecular complexity index is 419. The van der Waals surface area contributed by atoms with Crippen LogP contribution in [0.2, 0.25) is 0 Å². The standard InChI is InChI=1S/C17H28N2O/c1-4-8-18-12-15-6-7-17(14(3)11-15)19-9-10-20-16(5-2)13-19/h6-7,11,16,18H,4-5,8-10,12-13H2,1-3H3. The summed E-state index contributed by atoms with van der Waals surface area (Å²) in [6.07, 6.45) is 2.66. The van der Waals surface area contributed by atoms with Gasteiger partial charge in [-0.05, 0) is 43.5 Å². The van der Waals surface area contributed by atoms with E-state index in [1.807, 2.05) is 0 Å². The molecule has 1 aliphatic heterocycles. The van der Waals surface area contributed by atoms with Gasteiger partial charge in [0.05, 0.1) is 12.7 Å². The molecule has 0 aromatic heterocycles.